The van der Waals surface area contributed by atoms with Crippen molar-refractivity contribution in [2.45, 2.75) is 78.6 Å². The molecule has 0 aliphatic carbocycles. The molecule has 0 spiro atoms. The predicted molar refractivity (Wildman–Crippen MR) is 140 cm³/mol. The van der Waals surface area contributed by atoms with E-state index in [0.717, 1.165) is 44.5 Å². The van der Waals surface area contributed by atoms with Gasteiger partial charge in [-0.25, -0.2) is 4.79 Å². The summed E-state index contributed by atoms with van der Waals surface area (Å²) < 4.78 is 5.65. The van der Waals surface area contributed by atoms with Gasteiger partial charge in [0.2, 0.25) is 0 Å². The maximum atomic E-state index is 12.9. The molecule has 1 amide bonds. The van der Waals surface area contributed by atoms with Crippen molar-refractivity contribution in [1.29, 1.82) is 0 Å². The van der Waals surface area contributed by atoms with Gasteiger partial charge in [0, 0.05) is 44.3 Å². The first-order chi connectivity index (χ1) is 15.7. The van der Waals surface area contributed by atoms with Gasteiger partial charge >= 0.3 is 6.09 Å². The summed E-state index contributed by atoms with van der Waals surface area (Å²) in [4.78, 5) is 19.4. The van der Waals surface area contributed by atoms with Gasteiger partial charge in [-0.1, -0.05) is 57.5 Å². The fraction of sp³-hybridized carbons (Fsp3) is 0.741. The molecule has 4 unspecified atom stereocenters. The van der Waals surface area contributed by atoms with E-state index in [2.05, 4.69) is 70.9 Å². The normalized spacial score (nSPS) is 15.3. The van der Waals surface area contributed by atoms with Crippen LogP contribution in [0, 0.1) is 5.92 Å². The van der Waals surface area contributed by atoms with Crippen LogP contribution in [0.5, 0.6) is 0 Å². The first kappa shape index (κ1) is 29.4. The molecule has 6 nitrogen and oxygen atoms in total. The number of hydrogen-bond donors (Lipinski definition) is 1. The molecule has 1 aromatic carbocycles. The minimum atomic E-state index is -0.209. The summed E-state index contributed by atoms with van der Waals surface area (Å²) in [6.07, 6.45) is 2.87. The molecule has 6 heteroatoms. The molecule has 0 bridgehead atoms. The summed E-state index contributed by atoms with van der Waals surface area (Å²) in [5.41, 5.74) is 1.02. The maximum absolute atomic E-state index is 12.9. The van der Waals surface area contributed by atoms with Gasteiger partial charge in [-0.15, -0.1) is 0 Å². The van der Waals surface area contributed by atoms with E-state index in [9.17, 15) is 4.79 Å². The molecule has 0 radical (unpaired) electrons. The van der Waals surface area contributed by atoms with E-state index >= 15 is 0 Å². The van der Waals surface area contributed by atoms with Crippen molar-refractivity contribution in [3.05, 3.63) is 35.9 Å². The number of unbranched alkanes of at least 4 members (excludes halogenated alkanes) is 1. The first-order valence-electron chi connectivity index (χ1n) is 12.7. The summed E-state index contributed by atoms with van der Waals surface area (Å²) in [7, 11) is 6.44. The fourth-order valence-electron chi connectivity index (χ4n) is 4.27. The topological polar surface area (TPSA) is 48.0 Å². The molecular weight excluding hydrogens is 412 g/mol. The van der Waals surface area contributed by atoms with E-state index in [1.54, 1.807) is 0 Å². The fourth-order valence-corrected chi connectivity index (χ4v) is 4.27. The van der Waals surface area contributed by atoms with Gasteiger partial charge in [0.15, 0.2) is 0 Å². The van der Waals surface area contributed by atoms with Crippen LogP contribution >= 0.6 is 0 Å². The SMILES string of the molecule is CCCCN(CC(C)C(CC)NC(C)CN(C)C(C)CN(C)C)C(=O)OCc1ccccc1. The van der Waals surface area contributed by atoms with Crippen molar-refractivity contribution in [3.63, 3.8) is 0 Å². The molecule has 33 heavy (non-hydrogen) atoms. The van der Waals surface area contributed by atoms with Crippen LogP contribution in [0.4, 0.5) is 4.79 Å². The van der Waals surface area contributed by atoms with Gasteiger partial charge in [-0.3, -0.25) is 0 Å². The summed E-state index contributed by atoms with van der Waals surface area (Å²) in [5, 5.41) is 3.83. The summed E-state index contributed by atoms with van der Waals surface area (Å²) in [5.74, 6) is 0.336. The highest BCUT2D eigenvalue weighted by molar-refractivity contribution is 5.67. The third-order valence-corrected chi connectivity index (χ3v) is 6.32. The molecule has 0 saturated heterocycles. The van der Waals surface area contributed by atoms with Crippen LogP contribution < -0.4 is 5.32 Å². The zero-order chi connectivity index (χ0) is 24.8. The second-order valence-electron chi connectivity index (χ2n) is 9.95. The van der Waals surface area contributed by atoms with Gasteiger partial charge in [0.1, 0.15) is 6.61 Å². The van der Waals surface area contributed by atoms with E-state index in [0.29, 0.717) is 37.2 Å². The molecule has 190 valence electrons. The monoisotopic (exact) mass is 462 g/mol. The standard InChI is InChI=1S/C27H50N4O2/c1-9-11-17-31(27(32)33-21-25-15-13-12-14-16-25)18-22(3)26(10-2)28-23(4)19-30(8)24(5)20-29(6)7/h12-16,22-24,26,28H,9-11,17-21H2,1-8H3. The second kappa shape index (κ2) is 16.1. The number of benzene rings is 1. The van der Waals surface area contributed by atoms with Crippen molar-refractivity contribution in [1.82, 2.24) is 20.0 Å². The predicted octanol–water partition coefficient (Wildman–Crippen LogP) is 4.70. The average molecular weight is 463 g/mol. The van der Waals surface area contributed by atoms with Crippen LogP contribution in [0.1, 0.15) is 59.4 Å². The number of amides is 1. The van der Waals surface area contributed by atoms with Gasteiger partial charge in [0.05, 0.1) is 0 Å². The lowest BCUT2D eigenvalue weighted by Crippen LogP contribution is -2.50. The van der Waals surface area contributed by atoms with Crippen molar-refractivity contribution < 1.29 is 9.53 Å². The van der Waals surface area contributed by atoms with E-state index in [1.807, 2.05) is 35.2 Å². The molecule has 0 heterocycles. The Hall–Kier alpha value is -1.63. The summed E-state index contributed by atoms with van der Waals surface area (Å²) >= 11 is 0. The highest BCUT2D eigenvalue weighted by Crippen LogP contribution is 2.14. The lowest BCUT2D eigenvalue weighted by atomic mass is 9.97. The Morgan fingerprint density at radius 2 is 1.67 bits per heavy atom. The van der Waals surface area contributed by atoms with E-state index < -0.39 is 0 Å². The number of ether oxygens (including phenoxy) is 1. The number of rotatable bonds is 16. The zero-order valence-electron chi connectivity index (χ0n) is 22.5. The van der Waals surface area contributed by atoms with Gasteiger partial charge in [-0.05, 0) is 59.3 Å². The molecule has 1 aromatic rings. The van der Waals surface area contributed by atoms with E-state index in [1.165, 1.54) is 0 Å². The van der Waals surface area contributed by atoms with Crippen LogP contribution in [0.15, 0.2) is 30.3 Å². The van der Waals surface area contributed by atoms with Crippen molar-refractivity contribution in [2.75, 3.05) is 47.3 Å². The molecule has 4 atom stereocenters. The largest absolute Gasteiger partial charge is 0.445 e. The summed E-state index contributed by atoms with van der Waals surface area (Å²) in [6.45, 7) is 15.0. The Kier molecular flexibility index (Phi) is 14.3. The third-order valence-electron chi connectivity index (χ3n) is 6.32. The third kappa shape index (κ3) is 11.9. The minimum Gasteiger partial charge on any atom is -0.445 e. The molecule has 0 saturated carbocycles. The smallest absolute Gasteiger partial charge is 0.410 e. The van der Waals surface area contributed by atoms with Gasteiger partial charge < -0.3 is 24.8 Å². The Balaban J connectivity index is 2.64. The van der Waals surface area contributed by atoms with E-state index in [-0.39, 0.29) is 6.09 Å². The molecule has 0 aromatic heterocycles. The molecule has 0 aliphatic heterocycles. The van der Waals surface area contributed by atoms with Crippen LogP contribution in [0.3, 0.4) is 0 Å². The maximum Gasteiger partial charge on any atom is 0.410 e. The average Bonchev–Trinajstić information content (AvgIpc) is 2.78. The Morgan fingerprint density at radius 1 is 1.00 bits per heavy atom. The van der Waals surface area contributed by atoms with Crippen LogP contribution in [0.25, 0.3) is 0 Å². The molecule has 0 fully saturated rings. The molecule has 1 N–H and O–H groups in total. The van der Waals surface area contributed by atoms with Crippen LogP contribution in [0.2, 0.25) is 0 Å². The molecule has 0 aliphatic rings. The summed E-state index contributed by atoms with van der Waals surface area (Å²) in [6, 6.07) is 11.1. The Morgan fingerprint density at radius 3 is 2.24 bits per heavy atom. The highest BCUT2D eigenvalue weighted by atomic mass is 16.6. The highest BCUT2D eigenvalue weighted by Gasteiger charge is 2.24. The molecule has 1 rings (SSSR count). The van der Waals surface area contributed by atoms with Crippen LogP contribution in [-0.4, -0.2) is 86.2 Å². The van der Waals surface area contributed by atoms with E-state index in [4.69, 9.17) is 4.74 Å². The number of carbonyl (C=O) groups excluding carboxylic acids is 1. The minimum absolute atomic E-state index is 0.209. The quantitative estimate of drug-likeness (QED) is 0.386. The van der Waals surface area contributed by atoms with Gasteiger partial charge in [-0.2, -0.15) is 0 Å². The molecular formula is C27H50N4O2. The zero-order valence-corrected chi connectivity index (χ0v) is 22.5. The number of carbonyl (C=O) groups is 1. The van der Waals surface area contributed by atoms with Crippen molar-refractivity contribution >= 4 is 6.09 Å². The number of nitrogens with one attached hydrogen (secondary N) is 1. The number of nitrogens with zero attached hydrogens (tertiary/aromatic N) is 3. The Labute approximate surface area is 203 Å². The lowest BCUT2D eigenvalue weighted by molar-refractivity contribution is 0.0868. The van der Waals surface area contributed by atoms with Gasteiger partial charge in [0.25, 0.3) is 0 Å². The van der Waals surface area contributed by atoms with Crippen molar-refractivity contribution in [2.24, 2.45) is 5.92 Å². The number of likely N-dealkylation sites (N-methyl/N-ethyl adjacent to an activating group) is 2. The van der Waals surface area contributed by atoms with Crippen LogP contribution in [-0.2, 0) is 11.3 Å². The first-order valence-corrected chi connectivity index (χ1v) is 12.7. The lowest BCUT2D eigenvalue weighted by Gasteiger charge is -2.34. The van der Waals surface area contributed by atoms with Crippen molar-refractivity contribution in [3.8, 4) is 0 Å². The second-order valence-corrected chi connectivity index (χ2v) is 9.95. The Bertz CT molecular complexity index is 640. The number of hydrogen-bond acceptors (Lipinski definition) is 5.